The topological polar surface area (TPSA) is 53.6 Å². The van der Waals surface area contributed by atoms with Gasteiger partial charge in [0.2, 0.25) is 0 Å². The molecule has 1 heterocycles. The van der Waals surface area contributed by atoms with E-state index in [1.165, 1.54) is 0 Å². The highest BCUT2D eigenvalue weighted by Gasteiger charge is 2.01. The van der Waals surface area contributed by atoms with Crippen LogP contribution in [-0.2, 0) is 0 Å². The quantitative estimate of drug-likeness (QED) is 0.694. The van der Waals surface area contributed by atoms with Crippen molar-refractivity contribution in [2.45, 2.75) is 0 Å². The maximum atomic E-state index is 3.97. The van der Waals surface area contributed by atoms with Crippen LogP contribution in [0.5, 0.6) is 0 Å². The number of nitrogens with zero attached hydrogens (tertiary/aromatic N) is 2. The van der Waals surface area contributed by atoms with Gasteiger partial charge in [0.25, 0.3) is 0 Å². The van der Waals surface area contributed by atoms with Crippen molar-refractivity contribution in [3.05, 3.63) is 30.9 Å². The normalized spacial score (nSPS) is 10.2. The second-order valence-corrected chi connectivity index (χ2v) is 2.68. The highest BCUT2D eigenvalue weighted by Crippen LogP contribution is 2.17. The van der Waals surface area contributed by atoms with Gasteiger partial charge in [-0.05, 0) is 12.1 Å². The van der Waals surface area contributed by atoms with Crippen LogP contribution in [0.25, 0.3) is 11.0 Å². The third kappa shape index (κ3) is 1.38. The second-order valence-electron chi connectivity index (χ2n) is 2.68. The molecule has 2 rings (SSSR count). The summed E-state index contributed by atoms with van der Waals surface area (Å²) in [5.41, 5.74) is 2.78. The molecule has 2 aromatic rings. The number of hydrogen-bond acceptors (Lipinski definition) is 3. The number of fused-ring (bicyclic) bond motifs is 1. The van der Waals surface area contributed by atoms with Crippen LogP contribution in [0, 0.1) is 0 Å². The number of aromatic amines is 1. The number of aromatic nitrogens is 3. The first-order valence-electron chi connectivity index (χ1n) is 4.06. The van der Waals surface area contributed by atoms with Crippen LogP contribution < -0.4 is 5.32 Å². The Morgan fingerprint density at radius 2 is 2.46 bits per heavy atom. The fraction of sp³-hybridized carbons (Fsp3) is 0.111. The van der Waals surface area contributed by atoms with Gasteiger partial charge < -0.3 is 5.32 Å². The van der Waals surface area contributed by atoms with E-state index in [0.717, 1.165) is 23.3 Å². The fourth-order valence-corrected chi connectivity index (χ4v) is 1.20. The molecule has 0 aliphatic carbocycles. The van der Waals surface area contributed by atoms with Crippen LogP contribution in [-0.4, -0.2) is 22.0 Å². The molecule has 0 spiro atoms. The van der Waals surface area contributed by atoms with Gasteiger partial charge in [-0.1, -0.05) is 17.4 Å². The number of H-pyrrole nitrogens is 1. The molecule has 2 N–H and O–H groups in total. The first-order chi connectivity index (χ1) is 6.42. The minimum Gasteiger partial charge on any atom is -0.380 e. The highest BCUT2D eigenvalue weighted by molar-refractivity contribution is 5.87. The number of nitrogens with one attached hydrogen (secondary N) is 2. The summed E-state index contributed by atoms with van der Waals surface area (Å²) in [6.07, 6.45) is 1.80. The molecule has 0 unspecified atom stereocenters. The van der Waals surface area contributed by atoms with Gasteiger partial charge in [-0.3, -0.25) is 5.10 Å². The summed E-state index contributed by atoms with van der Waals surface area (Å²) in [5.74, 6) is 0. The molecule has 0 atom stereocenters. The third-order valence-corrected chi connectivity index (χ3v) is 1.79. The Labute approximate surface area is 75.7 Å². The Kier molecular flexibility index (Phi) is 1.96. The molecule has 0 bridgehead atoms. The van der Waals surface area contributed by atoms with Gasteiger partial charge in [-0.25, -0.2) is 0 Å². The minimum absolute atomic E-state index is 0.728. The molecule has 0 fully saturated rings. The summed E-state index contributed by atoms with van der Waals surface area (Å²) in [7, 11) is 0. The van der Waals surface area contributed by atoms with E-state index in [1.54, 1.807) is 6.08 Å². The van der Waals surface area contributed by atoms with Crippen LogP contribution >= 0.6 is 0 Å². The Balaban J connectivity index is 2.42. The van der Waals surface area contributed by atoms with Gasteiger partial charge in [0.05, 0.1) is 11.2 Å². The number of rotatable bonds is 3. The maximum Gasteiger partial charge on any atom is 0.135 e. The van der Waals surface area contributed by atoms with Crippen LogP contribution in [0.15, 0.2) is 30.9 Å². The number of hydrogen-bond donors (Lipinski definition) is 2. The van der Waals surface area contributed by atoms with Crippen molar-refractivity contribution in [3.8, 4) is 0 Å². The molecule has 1 aromatic heterocycles. The fourth-order valence-electron chi connectivity index (χ4n) is 1.20. The lowest BCUT2D eigenvalue weighted by molar-refractivity contribution is 0.959. The summed E-state index contributed by atoms with van der Waals surface area (Å²) in [6.45, 7) is 4.37. The molecule has 13 heavy (non-hydrogen) atoms. The average Bonchev–Trinajstić information content (AvgIpc) is 2.62. The van der Waals surface area contributed by atoms with E-state index in [4.69, 9.17) is 0 Å². The van der Waals surface area contributed by atoms with Crippen molar-refractivity contribution in [1.29, 1.82) is 0 Å². The van der Waals surface area contributed by atoms with Gasteiger partial charge in [-0.15, -0.1) is 11.7 Å². The second kappa shape index (κ2) is 3.26. The van der Waals surface area contributed by atoms with Crippen LogP contribution in [0.3, 0.4) is 0 Å². The van der Waals surface area contributed by atoms with Crippen LogP contribution in [0.4, 0.5) is 5.69 Å². The number of anilines is 1. The van der Waals surface area contributed by atoms with Gasteiger partial charge >= 0.3 is 0 Å². The van der Waals surface area contributed by atoms with Gasteiger partial charge in [0.15, 0.2) is 0 Å². The van der Waals surface area contributed by atoms with Crippen molar-refractivity contribution in [2.75, 3.05) is 11.9 Å². The van der Waals surface area contributed by atoms with Gasteiger partial charge in [-0.2, -0.15) is 0 Å². The molecule has 0 saturated heterocycles. The molecule has 0 amide bonds. The molecule has 4 heteroatoms. The van der Waals surface area contributed by atoms with Crippen LogP contribution in [0.1, 0.15) is 0 Å². The molecular weight excluding hydrogens is 164 g/mol. The Morgan fingerprint density at radius 3 is 3.31 bits per heavy atom. The van der Waals surface area contributed by atoms with E-state index >= 15 is 0 Å². The molecule has 4 nitrogen and oxygen atoms in total. The largest absolute Gasteiger partial charge is 0.380 e. The molecule has 0 aliphatic heterocycles. The summed E-state index contributed by atoms with van der Waals surface area (Å²) in [6, 6.07) is 5.86. The molecule has 0 radical (unpaired) electrons. The van der Waals surface area contributed by atoms with Crippen molar-refractivity contribution in [1.82, 2.24) is 15.4 Å². The summed E-state index contributed by atoms with van der Waals surface area (Å²) >= 11 is 0. The Bertz CT molecular complexity index is 418. The zero-order valence-corrected chi connectivity index (χ0v) is 7.12. The van der Waals surface area contributed by atoms with Gasteiger partial charge in [0.1, 0.15) is 5.52 Å². The highest BCUT2D eigenvalue weighted by atomic mass is 15.3. The van der Waals surface area contributed by atoms with E-state index in [2.05, 4.69) is 27.3 Å². The average molecular weight is 174 g/mol. The number of benzene rings is 1. The first kappa shape index (κ1) is 7.79. The summed E-state index contributed by atoms with van der Waals surface area (Å²) in [5, 5.41) is 13.7. The van der Waals surface area contributed by atoms with Crippen molar-refractivity contribution >= 4 is 16.7 Å². The lowest BCUT2D eigenvalue weighted by Gasteiger charge is -2.01. The molecule has 0 saturated carbocycles. The lowest BCUT2D eigenvalue weighted by Crippen LogP contribution is -1.97. The minimum atomic E-state index is 0.728. The molecule has 0 aliphatic rings. The van der Waals surface area contributed by atoms with Gasteiger partial charge in [0, 0.05) is 6.54 Å². The zero-order valence-electron chi connectivity index (χ0n) is 7.12. The summed E-state index contributed by atoms with van der Waals surface area (Å²) < 4.78 is 0. The molecule has 1 aromatic carbocycles. The Morgan fingerprint density at radius 1 is 1.54 bits per heavy atom. The first-order valence-corrected chi connectivity index (χ1v) is 4.06. The summed E-state index contributed by atoms with van der Waals surface area (Å²) in [4.78, 5) is 0. The monoisotopic (exact) mass is 174 g/mol. The van der Waals surface area contributed by atoms with Crippen molar-refractivity contribution in [3.63, 3.8) is 0 Å². The van der Waals surface area contributed by atoms with E-state index in [9.17, 15) is 0 Å². The van der Waals surface area contributed by atoms with E-state index in [1.807, 2.05) is 18.2 Å². The maximum absolute atomic E-state index is 3.97. The Hall–Kier alpha value is -1.84. The third-order valence-electron chi connectivity index (χ3n) is 1.79. The van der Waals surface area contributed by atoms with Crippen LogP contribution in [0.2, 0.25) is 0 Å². The molecular formula is C9H10N4. The smallest absolute Gasteiger partial charge is 0.135 e. The molecule has 66 valence electrons. The van der Waals surface area contributed by atoms with E-state index < -0.39 is 0 Å². The predicted molar refractivity (Wildman–Crippen MR) is 52.6 cm³/mol. The van der Waals surface area contributed by atoms with Crippen molar-refractivity contribution < 1.29 is 0 Å². The lowest BCUT2D eigenvalue weighted by atomic mass is 10.2. The predicted octanol–water partition coefficient (Wildman–Crippen LogP) is 1.56. The van der Waals surface area contributed by atoms with E-state index in [-0.39, 0.29) is 0 Å². The van der Waals surface area contributed by atoms with Crippen molar-refractivity contribution in [2.24, 2.45) is 0 Å². The SMILES string of the molecule is C=CCNc1cccc2[nH]nnc12. The standard InChI is InChI=1S/C9H10N4/c1-2-6-10-7-4-3-5-8-9(7)12-13-11-8/h2-5,10H,1,6H2,(H,11,12,13). The van der Waals surface area contributed by atoms with E-state index in [0.29, 0.717) is 0 Å². The zero-order chi connectivity index (χ0) is 9.10.